The second kappa shape index (κ2) is 7.55. The number of alkyl halides is 3. The van der Waals surface area contributed by atoms with Crippen LogP contribution >= 0.6 is 0 Å². The van der Waals surface area contributed by atoms with E-state index in [1.807, 2.05) is 0 Å². The highest BCUT2D eigenvalue weighted by Gasteiger charge is 2.31. The molecule has 0 aliphatic carbocycles. The molecule has 8 heteroatoms. The lowest BCUT2D eigenvalue weighted by molar-refractivity contribution is -0.274. The van der Waals surface area contributed by atoms with Crippen LogP contribution < -0.4 is 4.74 Å². The minimum atomic E-state index is -4.72. The second-order valence-electron chi connectivity index (χ2n) is 5.69. The van der Waals surface area contributed by atoms with Crippen molar-refractivity contribution in [2.24, 2.45) is 5.92 Å². The fraction of sp³-hybridized carbons (Fsp3) is 0.500. The van der Waals surface area contributed by atoms with E-state index in [0.717, 1.165) is 5.56 Å². The molecule has 0 aromatic heterocycles. The molecule has 2 rings (SSSR count). The molecule has 0 atom stereocenters. The molecule has 1 aromatic carbocycles. The smallest absolute Gasteiger partial charge is 0.481 e. The van der Waals surface area contributed by atoms with E-state index >= 15 is 0 Å². The van der Waals surface area contributed by atoms with E-state index in [4.69, 9.17) is 5.11 Å². The number of aliphatic carboxylic acids is 1. The lowest BCUT2D eigenvalue weighted by Crippen LogP contribution is -2.40. The van der Waals surface area contributed by atoms with Crippen molar-refractivity contribution in [3.8, 4) is 5.75 Å². The van der Waals surface area contributed by atoms with E-state index in [0.29, 0.717) is 32.4 Å². The van der Waals surface area contributed by atoms with Crippen LogP contribution in [0.25, 0.3) is 0 Å². The highest BCUT2D eigenvalue weighted by Crippen LogP contribution is 2.23. The number of carbonyl (C=O) groups excluding carboxylic acids is 1. The van der Waals surface area contributed by atoms with Gasteiger partial charge in [0.15, 0.2) is 0 Å². The van der Waals surface area contributed by atoms with Gasteiger partial charge in [0.05, 0.1) is 5.92 Å². The van der Waals surface area contributed by atoms with Gasteiger partial charge in [0.25, 0.3) is 0 Å². The minimum Gasteiger partial charge on any atom is -0.481 e. The lowest BCUT2D eigenvalue weighted by Gasteiger charge is -2.30. The zero-order chi connectivity index (χ0) is 17.7. The first-order chi connectivity index (χ1) is 11.2. The molecule has 1 heterocycles. The maximum Gasteiger partial charge on any atom is 0.573 e. The number of carboxylic acids is 1. The van der Waals surface area contributed by atoms with Gasteiger partial charge in [-0.2, -0.15) is 0 Å². The summed E-state index contributed by atoms with van der Waals surface area (Å²) in [5, 5.41) is 8.92. The predicted molar refractivity (Wildman–Crippen MR) is 78.4 cm³/mol. The molecule has 132 valence electrons. The highest BCUT2D eigenvalue weighted by molar-refractivity contribution is 5.77. The van der Waals surface area contributed by atoms with Crippen LogP contribution in [0.3, 0.4) is 0 Å². The molecule has 1 aliphatic heterocycles. The summed E-state index contributed by atoms with van der Waals surface area (Å²) >= 11 is 0. The van der Waals surface area contributed by atoms with Crippen molar-refractivity contribution < 1.29 is 32.6 Å². The Hall–Kier alpha value is -2.25. The predicted octanol–water partition coefficient (Wildman–Crippen LogP) is 2.84. The number of ether oxygens (including phenoxy) is 1. The summed E-state index contributed by atoms with van der Waals surface area (Å²) in [6.07, 6.45) is -3.18. The summed E-state index contributed by atoms with van der Waals surface area (Å²) in [6.45, 7) is 0.850. The second-order valence-corrected chi connectivity index (χ2v) is 5.69. The van der Waals surface area contributed by atoms with Crippen molar-refractivity contribution in [3.05, 3.63) is 29.8 Å². The van der Waals surface area contributed by atoms with Crippen molar-refractivity contribution in [1.29, 1.82) is 0 Å². The molecule has 5 nitrogen and oxygen atoms in total. The van der Waals surface area contributed by atoms with Crippen LogP contribution in [0, 0.1) is 5.92 Å². The number of likely N-dealkylation sites (tertiary alicyclic amines) is 1. The third-order valence-electron chi connectivity index (χ3n) is 3.98. The lowest BCUT2D eigenvalue weighted by atomic mass is 9.96. The zero-order valence-electron chi connectivity index (χ0n) is 12.9. The molecular formula is C16H18F3NO4. The topological polar surface area (TPSA) is 66.8 Å². The number of hydrogen-bond donors (Lipinski definition) is 1. The largest absolute Gasteiger partial charge is 0.573 e. The van der Waals surface area contributed by atoms with Gasteiger partial charge >= 0.3 is 12.3 Å². The van der Waals surface area contributed by atoms with Gasteiger partial charge in [0.1, 0.15) is 5.75 Å². The zero-order valence-corrected chi connectivity index (χ0v) is 12.9. The molecule has 0 spiro atoms. The van der Waals surface area contributed by atoms with Crippen molar-refractivity contribution in [2.75, 3.05) is 13.1 Å². The SMILES string of the molecule is O=C(O)C1CCN(C(=O)CCc2ccc(OC(F)(F)F)cc2)CC1. The summed E-state index contributed by atoms with van der Waals surface area (Å²) in [6, 6.07) is 5.41. The first-order valence-electron chi connectivity index (χ1n) is 7.60. The van der Waals surface area contributed by atoms with E-state index in [1.165, 1.54) is 24.3 Å². The van der Waals surface area contributed by atoms with Crippen LogP contribution in [0.5, 0.6) is 5.75 Å². The monoisotopic (exact) mass is 345 g/mol. The van der Waals surface area contributed by atoms with E-state index in [2.05, 4.69) is 4.74 Å². The van der Waals surface area contributed by atoms with E-state index < -0.39 is 18.2 Å². The van der Waals surface area contributed by atoms with Crippen LogP contribution in [0.4, 0.5) is 13.2 Å². The average molecular weight is 345 g/mol. The Morgan fingerprint density at radius 3 is 2.25 bits per heavy atom. The quantitative estimate of drug-likeness (QED) is 0.891. The molecule has 0 bridgehead atoms. The Kier molecular flexibility index (Phi) is 5.69. The Bertz CT molecular complexity index is 578. The maximum absolute atomic E-state index is 12.1. The molecule has 1 amide bonds. The molecule has 1 fully saturated rings. The Morgan fingerprint density at radius 2 is 1.75 bits per heavy atom. The van der Waals surface area contributed by atoms with Gasteiger partial charge in [-0.05, 0) is 37.0 Å². The standard InChI is InChI=1S/C16H18F3NO4/c17-16(18,19)24-13-4-1-11(2-5-13)3-6-14(21)20-9-7-12(8-10-20)15(22)23/h1-2,4-5,12H,3,6-10H2,(H,22,23). The fourth-order valence-electron chi connectivity index (χ4n) is 2.64. The number of halogens is 3. The molecule has 1 saturated heterocycles. The number of amides is 1. The van der Waals surface area contributed by atoms with Crippen LogP contribution in [0.2, 0.25) is 0 Å². The number of piperidine rings is 1. The Balaban J connectivity index is 1.79. The molecule has 0 saturated carbocycles. The normalized spacial score (nSPS) is 16.0. The van der Waals surface area contributed by atoms with Crippen LogP contribution in [0.1, 0.15) is 24.8 Å². The van der Waals surface area contributed by atoms with Gasteiger partial charge in [-0.3, -0.25) is 9.59 Å². The number of carbonyl (C=O) groups is 2. The minimum absolute atomic E-state index is 0.0746. The van der Waals surface area contributed by atoms with E-state index in [-0.39, 0.29) is 18.1 Å². The first-order valence-corrected chi connectivity index (χ1v) is 7.60. The summed E-state index contributed by atoms with van der Waals surface area (Å²) in [5.41, 5.74) is 0.735. The molecule has 24 heavy (non-hydrogen) atoms. The maximum atomic E-state index is 12.1. The van der Waals surface area contributed by atoms with Crippen LogP contribution in [-0.2, 0) is 16.0 Å². The van der Waals surface area contributed by atoms with Gasteiger partial charge in [-0.1, -0.05) is 12.1 Å². The van der Waals surface area contributed by atoms with Gasteiger partial charge < -0.3 is 14.7 Å². The number of carboxylic acid groups (broad SMARTS) is 1. The van der Waals surface area contributed by atoms with E-state index in [1.54, 1.807) is 4.90 Å². The average Bonchev–Trinajstić information content (AvgIpc) is 2.52. The molecule has 0 unspecified atom stereocenters. The Morgan fingerprint density at radius 1 is 1.17 bits per heavy atom. The molecule has 1 aromatic rings. The third-order valence-corrected chi connectivity index (χ3v) is 3.98. The fourth-order valence-corrected chi connectivity index (χ4v) is 2.64. The number of benzene rings is 1. The van der Waals surface area contributed by atoms with Crippen LogP contribution in [0.15, 0.2) is 24.3 Å². The van der Waals surface area contributed by atoms with Crippen molar-refractivity contribution in [2.45, 2.75) is 32.0 Å². The van der Waals surface area contributed by atoms with E-state index in [9.17, 15) is 22.8 Å². The van der Waals surface area contributed by atoms with Gasteiger partial charge in [-0.25, -0.2) is 0 Å². The van der Waals surface area contributed by atoms with Crippen LogP contribution in [-0.4, -0.2) is 41.3 Å². The van der Waals surface area contributed by atoms with Crippen molar-refractivity contribution in [3.63, 3.8) is 0 Å². The number of rotatable bonds is 5. The summed E-state index contributed by atoms with van der Waals surface area (Å²) in [5.74, 6) is -1.60. The summed E-state index contributed by atoms with van der Waals surface area (Å²) in [7, 11) is 0. The number of nitrogens with zero attached hydrogens (tertiary/aromatic N) is 1. The van der Waals surface area contributed by atoms with Crippen molar-refractivity contribution >= 4 is 11.9 Å². The third kappa shape index (κ3) is 5.43. The van der Waals surface area contributed by atoms with Gasteiger partial charge in [0, 0.05) is 19.5 Å². The van der Waals surface area contributed by atoms with Crippen molar-refractivity contribution in [1.82, 2.24) is 4.90 Å². The first kappa shape index (κ1) is 18.1. The van der Waals surface area contributed by atoms with Gasteiger partial charge in [0.2, 0.25) is 5.91 Å². The highest BCUT2D eigenvalue weighted by atomic mass is 19.4. The number of aryl methyl sites for hydroxylation is 1. The summed E-state index contributed by atoms with van der Waals surface area (Å²) < 4.78 is 40.0. The number of hydrogen-bond acceptors (Lipinski definition) is 3. The van der Waals surface area contributed by atoms with Gasteiger partial charge in [-0.15, -0.1) is 13.2 Å². The molecular weight excluding hydrogens is 327 g/mol. The Labute approximate surface area is 137 Å². The summed E-state index contributed by atoms with van der Waals surface area (Å²) in [4.78, 5) is 24.6. The molecule has 0 radical (unpaired) electrons. The molecule has 1 aliphatic rings. The molecule has 1 N–H and O–H groups in total.